The summed E-state index contributed by atoms with van der Waals surface area (Å²) in [5.41, 5.74) is -0.968. The van der Waals surface area contributed by atoms with Gasteiger partial charge in [-0.25, -0.2) is 14.4 Å². The number of aliphatic hydroxyl groups excluding tert-OH is 2. The van der Waals surface area contributed by atoms with E-state index in [0.29, 0.717) is 0 Å². The minimum absolute atomic E-state index is 0.484. The molecule has 0 aliphatic rings. The predicted molar refractivity (Wildman–Crippen MR) is 74.4 cm³/mol. The molecule has 0 spiro atoms. The van der Waals surface area contributed by atoms with Gasteiger partial charge in [-0.3, -0.25) is 0 Å². The second-order valence-electron chi connectivity index (χ2n) is 6.25. The summed E-state index contributed by atoms with van der Waals surface area (Å²) in [6.07, 6.45) is -5.15. The summed E-state index contributed by atoms with van der Waals surface area (Å²) in [6.45, 7) is 10.8. The van der Waals surface area contributed by atoms with Crippen molar-refractivity contribution in [1.29, 1.82) is 0 Å². The minimum atomic E-state index is -2.27. The fraction of sp³-hybridized carbons (Fsp3) is 0.769. The Kier molecular flexibility index (Phi) is 8.70. The Bertz CT molecular complexity index is 353. The predicted octanol–water partition coefficient (Wildman–Crippen LogP) is 0.614. The van der Waals surface area contributed by atoms with Gasteiger partial charge in [0, 0.05) is 0 Å². The molecule has 9 heteroatoms. The van der Waals surface area contributed by atoms with Gasteiger partial charge in [-0.2, -0.15) is 0 Å². The van der Waals surface area contributed by atoms with E-state index in [2.05, 4.69) is 0 Å². The molecule has 0 aliphatic carbocycles. The van der Waals surface area contributed by atoms with Gasteiger partial charge in [-0.15, -0.1) is 0 Å². The van der Waals surface area contributed by atoms with E-state index in [9.17, 15) is 14.4 Å². The number of hydrogen-bond acceptors (Lipinski definition) is 7. The van der Waals surface area contributed by atoms with Crippen LogP contribution < -0.4 is 0 Å². The highest BCUT2D eigenvalue weighted by atomic mass is 16.7. The molecule has 2 unspecified atom stereocenters. The number of aliphatic hydroxyl groups is 2. The van der Waals surface area contributed by atoms with Crippen LogP contribution in [0, 0.1) is 0 Å². The molecule has 0 aromatic rings. The monoisotopic (exact) mass is 324 g/mol. The van der Waals surface area contributed by atoms with Crippen molar-refractivity contribution in [1.82, 2.24) is 0 Å². The molecule has 0 saturated carbocycles. The number of rotatable bonds is 3. The first-order valence-corrected chi connectivity index (χ1v) is 6.30. The standard InChI is InChI=1S/C9H18O3.C4H6O6/c1-8(2,3)11-7(10)12-9(4,5)6;5-1(3(7)8)2(6)4(9)10/h1-6H3;1-2,5-6H,(H,7,8)(H,9,10). The lowest BCUT2D eigenvalue weighted by atomic mass is 10.2. The van der Waals surface area contributed by atoms with Gasteiger partial charge >= 0.3 is 18.1 Å². The van der Waals surface area contributed by atoms with E-state index in [4.69, 9.17) is 29.9 Å². The quantitative estimate of drug-likeness (QED) is 0.547. The summed E-state index contributed by atoms with van der Waals surface area (Å²) in [7, 11) is 0. The van der Waals surface area contributed by atoms with Crippen LogP contribution in [0.25, 0.3) is 0 Å². The Morgan fingerprint density at radius 2 is 0.955 bits per heavy atom. The van der Waals surface area contributed by atoms with Crippen LogP contribution in [0.5, 0.6) is 0 Å². The summed E-state index contributed by atoms with van der Waals surface area (Å²) in [5, 5.41) is 32.5. The number of carbonyl (C=O) groups is 3. The lowest BCUT2D eigenvalue weighted by Gasteiger charge is -2.24. The Hall–Kier alpha value is -1.87. The van der Waals surface area contributed by atoms with Gasteiger partial charge in [0.25, 0.3) is 0 Å². The zero-order valence-corrected chi connectivity index (χ0v) is 13.5. The van der Waals surface area contributed by atoms with E-state index in [0.717, 1.165) is 0 Å². The van der Waals surface area contributed by atoms with Crippen LogP contribution in [0.3, 0.4) is 0 Å². The van der Waals surface area contributed by atoms with Crippen LogP contribution in [-0.4, -0.2) is 61.9 Å². The van der Waals surface area contributed by atoms with Gasteiger partial charge in [0.15, 0.2) is 12.2 Å². The van der Waals surface area contributed by atoms with Gasteiger partial charge in [0.2, 0.25) is 0 Å². The van der Waals surface area contributed by atoms with E-state index in [-0.39, 0.29) is 0 Å². The van der Waals surface area contributed by atoms with Gasteiger partial charge in [0.05, 0.1) is 0 Å². The van der Waals surface area contributed by atoms with Crippen molar-refractivity contribution in [3.05, 3.63) is 0 Å². The highest BCUT2D eigenvalue weighted by molar-refractivity contribution is 5.83. The molecule has 0 aromatic carbocycles. The number of aliphatic carboxylic acids is 2. The van der Waals surface area contributed by atoms with E-state index >= 15 is 0 Å². The molecule has 0 amide bonds. The SMILES string of the molecule is CC(C)(C)OC(=O)OC(C)(C)C.O=C(O)C(O)C(O)C(=O)O. The van der Waals surface area contributed by atoms with E-state index in [1.807, 2.05) is 0 Å². The number of ether oxygens (including phenoxy) is 2. The Morgan fingerprint density at radius 1 is 0.727 bits per heavy atom. The molecule has 0 bridgehead atoms. The van der Waals surface area contributed by atoms with Crippen molar-refractivity contribution in [3.8, 4) is 0 Å². The van der Waals surface area contributed by atoms with Crippen LogP contribution in [0.2, 0.25) is 0 Å². The van der Waals surface area contributed by atoms with Crippen LogP contribution in [0.1, 0.15) is 41.5 Å². The second-order valence-corrected chi connectivity index (χ2v) is 6.25. The topological polar surface area (TPSA) is 151 Å². The van der Waals surface area contributed by atoms with Crippen molar-refractivity contribution >= 4 is 18.1 Å². The maximum atomic E-state index is 11.0. The molecule has 0 aliphatic heterocycles. The molecule has 9 nitrogen and oxygen atoms in total. The lowest BCUT2D eigenvalue weighted by Crippen LogP contribution is -2.39. The fourth-order valence-corrected chi connectivity index (χ4v) is 0.791. The van der Waals surface area contributed by atoms with E-state index < -0.39 is 41.5 Å². The number of hydrogen-bond donors (Lipinski definition) is 4. The maximum absolute atomic E-state index is 11.0. The van der Waals surface area contributed by atoms with E-state index in [1.54, 1.807) is 41.5 Å². The first-order valence-electron chi connectivity index (χ1n) is 6.30. The van der Waals surface area contributed by atoms with Crippen LogP contribution in [0.15, 0.2) is 0 Å². The van der Waals surface area contributed by atoms with Gasteiger partial charge in [-0.05, 0) is 41.5 Å². The van der Waals surface area contributed by atoms with Gasteiger partial charge in [-0.1, -0.05) is 0 Å². The molecule has 4 N–H and O–H groups in total. The third-order valence-corrected chi connectivity index (χ3v) is 1.58. The molecular formula is C13H24O9. The summed E-state index contributed by atoms with van der Waals surface area (Å²) in [5.74, 6) is -3.54. The molecule has 0 saturated heterocycles. The third-order valence-electron chi connectivity index (χ3n) is 1.58. The molecule has 0 fully saturated rings. The largest absolute Gasteiger partial charge is 0.509 e. The molecule has 0 rings (SSSR count). The second kappa shape index (κ2) is 8.54. The highest BCUT2D eigenvalue weighted by Crippen LogP contribution is 2.13. The van der Waals surface area contributed by atoms with Crippen molar-refractivity contribution in [2.45, 2.75) is 65.0 Å². The highest BCUT2D eigenvalue weighted by Gasteiger charge is 2.29. The number of carboxylic acid groups (broad SMARTS) is 2. The zero-order valence-electron chi connectivity index (χ0n) is 13.5. The average molecular weight is 324 g/mol. The molecule has 0 radical (unpaired) electrons. The zero-order chi connectivity index (χ0) is 18.3. The Labute approximate surface area is 128 Å². The maximum Gasteiger partial charge on any atom is 0.509 e. The first kappa shape index (κ1) is 22.4. The van der Waals surface area contributed by atoms with Crippen molar-refractivity contribution in [3.63, 3.8) is 0 Å². The summed E-state index contributed by atoms with van der Waals surface area (Å²) >= 11 is 0. The van der Waals surface area contributed by atoms with Crippen LogP contribution in [0.4, 0.5) is 4.79 Å². The normalized spacial score (nSPS) is 14.0. The fourth-order valence-electron chi connectivity index (χ4n) is 0.791. The van der Waals surface area contributed by atoms with Crippen molar-refractivity contribution < 1.29 is 44.3 Å². The molecule has 130 valence electrons. The number of carbonyl (C=O) groups excluding carboxylic acids is 1. The molecule has 2 atom stereocenters. The Morgan fingerprint density at radius 3 is 1.09 bits per heavy atom. The molecule has 0 aromatic heterocycles. The van der Waals surface area contributed by atoms with Crippen LogP contribution >= 0.6 is 0 Å². The molecular weight excluding hydrogens is 300 g/mol. The van der Waals surface area contributed by atoms with Gasteiger partial charge < -0.3 is 29.9 Å². The van der Waals surface area contributed by atoms with Gasteiger partial charge in [0.1, 0.15) is 11.2 Å². The molecule has 0 heterocycles. The van der Waals surface area contributed by atoms with Crippen LogP contribution in [-0.2, 0) is 19.1 Å². The summed E-state index contributed by atoms with van der Waals surface area (Å²) < 4.78 is 9.91. The summed E-state index contributed by atoms with van der Waals surface area (Å²) in [4.78, 5) is 30.6. The molecule has 22 heavy (non-hydrogen) atoms. The smallest absolute Gasteiger partial charge is 0.479 e. The third kappa shape index (κ3) is 13.1. The Balaban J connectivity index is 0. The van der Waals surface area contributed by atoms with Crippen molar-refractivity contribution in [2.75, 3.05) is 0 Å². The first-order chi connectivity index (χ1) is 9.57. The van der Waals surface area contributed by atoms with E-state index in [1.165, 1.54) is 0 Å². The van der Waals surface area contributed by atoms with Crippen molar-refractivity contribution in [2.24, 2.45) is 0 Å². The average Bonchev–Trinajstić information content (AvgIpc) is 2.21. The minimum Gasteiger partial charge on any atom is -0.479 e. The lowest BCUT2D eigenvalue weighted by molar-refractivity contribution is -0.165. The number of carboxylic acids is 2. The summed E-state index contributed by atoms with van der Waals surface area (Å²) in [6, 6.07) is 0.